The Morgan fingerprint density at radius 2 is 2.33 bits per heavy atom. The highest BCUT2D eigenvalue weighted by Gasteiger charge is 2.20. The average molecular weight is 244 g/mol. The lowest BCUT2D eigenvalue weighted by Gasteiger charge is -2.22. The van der Waals surface area contributed by atoms with Crippen LogP contribution >= 0.6 is 0 Å². The van der Waals surface area contributed by atoms with Crippen molar-refractivity contribution in [1.29, 1.82) is 0 Å². The molecule has 2 heterocycles. The molecule has 1 aliphatic heterocycles. The first-order chi connectivity index (χ1) is 8.70. The number of nitrogens with two attached hydrogens (primary N) is 1. The van der Waals surface area contributed by atoms with Crippen molar-refractivity contribution in [2.24, 2.45) is 5.84 Å². The summed E-state index contributed by atoms with van der Waals surface area (Å²) >= 11 is 0. The summed E-state index contributed by atoms with van der Waals surface area (Å²) in [6, 6.07) is 5.74. The predicted octanol–water partition coefficient (Wildman–Crippen LogP) is 0.759. The van der Waals surface area contributed by atoms with Gasteiger partial charge in [0.15, 0.2) is 0 Å². The lowest BCUT2D eigenvalue weighted by molar-refractivity contribution is 0.0955. The number of nitrogens with zero attached hydrogens (tertiary/aromatic N) is 1. The van der Waals surface area contributed by atoms with E-state index in [2.05, 4.69) is 28.4 Å². The van der Waals surface area contributed by atoms with Crippen molar-refractivity contribution >= 4 is 16.8 Å². The number of aromatic nitrogens is 1. The second kappa shape index (κ2) is 4.12. The molecule has 5 nitrogen and oxygen atoms in total. The van der Waals surface area contributed by atoms with Crippen molar-refractivity contribution in [3.8, 4) is 0 Å². The summed E-state index contributed by atoms with van der Waals surface area (Å²) in [4.78, 5) is 17.4. The van der Waals surface area contributed by atoms with E-state index in [9.17, 15) is 4.79 Å². The van der Waals surface area contributed by atoms with E-state index in [1.54, 1.807) is 6.07 Å². The average Bonchev–Trinajstić information content (AvgIpc) is 2.75. The molecular formula is C13H16N4O. The Balaban J connectivity index is 2.22. The van der Waals surface area contributed by atoms with Gasteiger partial charge in [-0.05, 0) is 18.7 Å². The fraction of sp³-hybridized carbons (Fsp3) is 0.308. The number of hydrogen-bond donors (Lipinski definition) is 3. The number of nitrogen functional groups attached to an aromatic ring is 1. The van der Waals surface area contributed by atoms with Crippen LogP contribution in [0.5, 0.6) is 0 Å². The molecule has 0 atom stereocenters. The molecule has 3 rings (SSSR count). The van der Waals surface area contributed by atoms with Gasteiger partial charge in [0.05, 0.1) is 11.1 Å². The lowest BCUT2D eigenvalue weighted by Crippen LogP contribution is -2.30. The summed E-state index contributed by atoms with van der Waals surface area (Å²) in [7, 11) is 2.11. The number of nitrogens with one attached hydrogen (secondary N) is 2. The summed E-state index contributed by atoms with van der Waals surface area (Å²) < 4.78 is 0. The molecule has 0 aliphatic carbocycles. The fourth-order valence-corrected chi connectivity index (χ4v) is 2.64. The lowest BCUT2D eigenvalue weighted by atomic mass is 10.0. The number of fused-ring (bicyclic) bond motifs is 3. The molecule has 18 heavy (non-hydrogen) atoms. The monoisotopic (exact) mass is 244 g/mol. The highest BCUT2D eigenvalue weighted by Crippen LogP contribution is 2.29. The molecule has 1 aromatic carbocycles. The number of amides is 1. The van der Waals surface area contributed by atoms with Crippen LogP contribution < -0.4 is 11.3 Å². The number of hydrogen-bond acceptors (Lipinski definition) is 3. The number of carbonyl (C=O) groups excluding carboxylic acids is 1. The number of H-pyrrole nitrogens is 1. The van der Waals surface area contributed by atoms with E-state index in [0.717, 1.165) is 30.4 Å². The van der Waals surface area contributed by atoms with E-state index in [-0.39, 0.29) is 5.91 Å². The Bertz CT molecular complexity index is 617. The normalized spacial score (nSPS) is 15.7. The van der Waals surface area contributed by atoms with Crippen molar-refractivity contribution < 1.29 is 4.79 Å². The van der Waals surface area contributed by atoms with Crippen molar-refractivity contribution in [2.75, 3.05) is 13.6 Å². The quantitative estimate of drug-likeness (QED) is 0.394. The Morgan fingerprint density at radius 1 is 1.50 bits per heavy atom. The Morgan fingerprint density at radius 3 is 3.11 bits per heavy atom. The van der Waals surface area contributed by atoms with E-state index in [1.165, 1.54) is 11.3 Å². The first-order valence-electron chi connectivity index (χ1n) is 6.02. The molecule has 0 saturated carbocycles. The highest BCUT2D eigenvalue weighted by molar-refractivity contribution is 6.06. The van der Waals surface area contributed by atoms with Gasteiger partial charge in [-0.2, -0.15) is 0 Å². The van der Waals surface area contributed by atoms with Crippen LogP contribution in [-0.2, 0) is 13.0 Å². The Labute approximate surface area is 105 Å². The van der Waals surface area contributed by atoms with Gasteiger partial charge < -0.3 is 9.88 Å². The topological polar surface area (TPSA) is 74.2 Å². The van der Waals surface area contributed by atoms with Crippen molar-refractivity contribution in [3.05, 3.63) is 35.0 Å². The maximum atomic E-state index is 11.7. The van der Waals surface area contributed by atoms with Gasteiger partial charge in [0, 0.05) is 30.6 Å². The van der Waals surface area contributed by atoms with E-state index in [4.69, 9.17) is 5.84 Å². The summed E-state index contributed by atoms with van der Waals surface area (Å²) in [5.74, 6) is 4.96. The van der Waals surface area contributed by atoms with Gasteiger partial charge in [-0.15, -0.1) is 0 Å². The van der Waals surface area contributed by atoms with Gasteiger partial charge in [0.25, 0.3) is 5.91 Å². The molecule has 1 amide bonds. The summed E-state index contributed by atoms with van der Waals surface area (Å²) in [6.45, 7) is 1.96. The Kier molecular flexibility index (Phi) is 2.57. The van der Waals surface area contributed by atoms with Crippen molar-refractivity contribution in [3.63, 3.8) is 0 Å². The Hall–Kier alpha value is -1.85. The molecule has 0 spiro atoms. The molecule has 1 aromatic heterocycles. The number of hydrazine groups is 1. The van der Waals surface area contributed by atoms with Crippen LogP contribution in [-0.4, -0.2) is 29.4 Å². The SMILES string of the molecule is CN1CCc2[nH]c3c(C(=O)NN)cccc3c2C1. The molecular weight excluding hydrogens is 228 g/mol. The molecule has 94 valence electrons. The van der Waals surface area contributed by atoms with Crippen LogP contribution in [0.25, 0.3) is 10.9 Å². The van der Waals surface area contributed by atoms with Crippen LogP contribution in [0.2, 0.25) is 0 Å². The zero-order chi connectivity index (χ0) is 12.7. The zero-order valence-corrected chi connectivity index (χ0v) is 10.3. The van der Waals surface area contributed by atoms with Gasteiger partial charge >= 0.3 is 0 Å². The minimum absolute atomic E-state index is 0.257. The van der Waals surface area contributed by atoms with Crippen LogP contribution in [0.1, 0.15) is 21.6 Å². The van der Waals surface area contributed by atoms with Gasteiger partial charge in [0.1, 0.15) is 0 Å². The first kappa shape index (κ1) is 11.3. The number of para-hydroxylation sites is 1. The number of likely N-dealkylation sites (N-methyl/N-ethyl adjacent to an activating group) is 1. The maximum absolute atomic E-state index is 11.7. The van der Waals surface area contributed by atoms with E-state index in [0.29, 0.717) is 5.56 Å². The molecule has 1 aliphatic rings. The molecule has 2 aromatic rings. The molecule has 0 saturated heterocycles. The van der Waals surface area contributed by atoms with Gasteiger partial charge in [0.2, 0.25) is 0 Å². The van der Waals surface area contributed by atoms with Crippen LogP contribution in [0, 0.1) is 0 Å². The molecule has 0 bridgehead atoms. The van der Waals surface area contributed by atoms with Gasteiger partial charge in [-0.1, -0.05) is 12.1 Å². The summed E-state index contributed by atoms with van der Waals surface area (Å²) in [6.07, 6.45) is 0.990. The number of aromatic amines is 1. The van der Waals surface area contributed by atoms with Gasteiger partial charge in [-0.3, -0.25) is 10.2 Å². The first-order valence-corrected chi connectivity index (χ1v) is 6.02. The zero-order valence-electron chi connectivity index (χ0n) is 10.3. The molecule has 4 N–H and O–H groups in total. The molecule has 0 radical (unpaired) electrons. The third-order valence-corrected chi connectivity index (χ3v) is 3.58. The van der Waals surface area contributed by atoms with E-state index < -0.39 is 0 Å². The fourth-order valence-electron chi connectivity index (χ4n) is 2.64. The third kappa shape index (κ3) is 1.60. The van der Waals surface area contributed by atoms with Crippen LogP contribution in [0.4, 0.5) is 0 Å². The van der Waals surface area contributed by atoms with Crippen molar-refractivity contribution in [1.82, 2.24) is 15.3 Å². The smallest absolute Gasteiger partial charge is 0.267 e. The largest absolute Gasteiger partial charge is 0.357 e. The summed E-state index contributed by atoms with van der Waals surface area (Å²) in [5.41, 5.74) is 6.22. The third-order valence-electron chi connectivity index (χ3n) is 3.58. The van der Waals surface area contributed by atoms with Crippen molar-refractivity contribution in [2.45, 2.75) is 13.0 Å². The maximum Gasteiger partial charge on any atom is 0.267 e. The molecule has 0 unspecified atom stereocenters. The number of rotatable bonds is 1. The van der Waals surface area contributed by atoms with Crippen LogP contribution in [0.3, 0.4) is 0 Å². The predicted molar refractivity (Wildman–Crippen MR) is 70.0 cm³/mol. The van der Waals surface area contributed by atoms with Gasteiger partial charge in [-0.25, -0.2) is 5.84 Å². The number of carbonyl (C=O) groups is 1. The molecule has 0 fully saturated rings. The van der Waals surface area contributed by atoms with E-state index >= 15 is 0 Å². The summed E-state index contributed by atoms with van der Waals surface area (Å²) in [5, 5.41) is 1.12. The highest BCUT2D eigenvalue weighted by atomic mass is 16.2. The van der Waals surface area contributed by atoms with E-state index in [1.807, 2.05) is 6.07 Å². The minimum Gasteiger partial charge on any atom is -0.357 e. The number of benzene rings is 1. The molecule has 5 heteroatoms. The standard InChI is InChI=1S/C13H16N4O/c1-17-6-5-11-10(7-17)8-3-2-4-9(12(8)15-11)13(18)16-14/h2-4,15H,5-7,14H2,1H3,(H,16,18). The second-order valence-electron chi connectivity index (χ2n) is 4.77. The minimum atomic E-state index is -0.257. The van der Waals surface area contributed by atoms with Crippen LogP contribution in [0.15, 0.2) is 18.2 Å². The second-order valence-corrected chi connectivity index (χ2v) is 4.77.